The van der Waals surface area contributed by atoms with Gasteiger partial charge in [-0.05, 0) is 24.2 Å². The summed E-state index contributed by atoms with van der Waals surface area (Å²) in [6.45, 7) is 2.65. The Hall–Kier alpha value is -2.21. The van der Waals surface area contributed by atoms with Crippen molar-refractivity contribution in [3.05, 3.63) is 41.9 Å². The Balaban J connectivity index is 1.59. The summed E-state index contributed by atoms with van der Waals surface area (Å²) in [5.74, 6) is 1.27. The molecule has 1 unspecified atom stereocenters. The van der Waals surface area contributed by atoms with Crippen molar-refractivity contribution in [1.82, 2.24) is 30.5 Å². The lowest BCUT2D eigenvalue weighted by Crippen LogP contribution is -2.09. The van der Waals surface area contributed by atoms with Gasteiger partial charge in [0, 0.05) is 35.1 Å². The largest absolute Gasteiger partial charge is 0.361 e. The normalized spacial score (nSPS) is 18.9. The fourth-order valence-corrected chi connectivity index (χ4v) is 2.78. The second-order valence-electron chi connectivity index (χ2n) is 5.23. The van der Waals surface area contributed by atoms with Crippen LogP contribution in [0.1, 0.15) is 23.7 Å². The number of hydrogen-bond donors (Lipinski definition) is 2. The molecule has 0 amide bonds. The Kier molecular flexibility index (Phi) is 2.74. The number of aromatic amines is 1. The molecule has 20 heavy (non-hydrogen) atoms. The topological polar surface area (TPSA) is 71.4 Å². The van der Waals surface area contributed by atoms with Crippen LogP contribution in [0.4, 0.5) is 0 Å². The third-order valence-electron chi connectivity index (χ3n) is 3.88. The summed E-state index contributed by atoms with van der Waals surface area (Å²) in [7, 11) is 0. The van der Waals surface area contributed by atoms with E-state index in [2.05, 4.69) is 37.8 Å². The molecule has 1 saturated heterocycles. The van der Waals surface area contributed by atoms with Crippen molar-refractivity contribution >= 4 is 10.9 Å². The molecule has 1 aromatic carbocycles. The first-order valence-electron chi connectivity index (χ1n) is 6.93. The van der Waals surface area contributed by atoms with E-state index < -0.39 is 0 Å². The van der Waals surface area contributed by atoms with Crippen molar-refractivity contribution in [3.8, 4) is 0 Å². The van der Waals surface area contributed by atoms with Gasteiger partial charge in [0.1, 0.15) is 0 Å². The third-order valence-corrected chi connectivity index (χ3v) is 3.88. The Morgan fingerprint density at radius 3 is 3.15 bits per heavy atom. The molecule has 0 spiro atoms. The van der Waals surface area contributed by atoms with E-state index in [-0.39, 0.29) is 0 Å². The summed E-state index contributed by atoms with van der Waals surface area (Å²) in [4.78, 5) is 4.95. The summed E-state index contributed by atoms with van der Waals surface area (Å²) in [6.07, 6.45) is 3.11. The van der Waals surface area contributed by atoms with Gasteiger partial charge >= 0.3 is 0 Å². The van der Waals surface area contributed by atoms with Crippen LogP contribution in [0.3, 0.4) is 0 Å². The molecule has 1 fully saturated rings. The second-order valence-corrected chi connectivity index (χ2v) is 5.23. The Labute approximate surface area is 116 Å². The van der Waals surface area contributed by atoms with Gasteiger partial charge in [0.25, 0.3) is 0 Å². The van der Waals surface area contributed by atoms with Gasteiger partial charge in [0.15, 0.2) is 5.82 Å². The molecule has 1 aliphatic heterocycles. The quantitative estimate of drug-likeness (QED) is 0.750. The standard InChI is InChI=1S/C14H16N6/c1-2-4-13-12(3-1)11(8-16-13)9-20-18-14(17-19-20)10-5-6-15-7-10/h1-4,8,10,15-16H,5-7,9H2. The molecule has 4 rings (SSSR count). The Morgan fingerprint density at radius 1 is 1.30 bits per heavy atom. The average molecular weight is 268 g/mol. The van der Waals surface area contributed by atoms with Crippen LogP contribution in [0.15, 0.2) is 30.5 Å². The number of aromatic nitrogens is 5. The van der Waals surface area contributed by atoms with E-state index in [0.717, 1.165) is 30.9 Å². The van der Waals surface area contributed by atoms with Gasteiger partial charge in [-0.15, -0.1) is 10.2 Å². The number of H-pyrrole nitrogens is 1. The van der Waals surface area contributed by atoms with Gasteiger partial charge < -0.3 is 10.3 Å². The van der Waals surface area contributed by atoms with Crippen LogP contribution in [0.25, 0.3) is 10.9 Å². The van der Waals surface area contributed by atoms with Crippen LogP contribution >= 0.6 is 0 Å². The molecule has 6 heteroatoms. The molecule has 3 aromatic rings. The summed E-state index contributed by atoms with van der Waals surface area (Å²) in [5.41, 5.74) is 2.33. The number of rotatable bonds is 3. The number of benzene rings is 1. The molecule has 2 N–H and O–H groups in total. The summed E-state index contributed by atoms with van der Waals surface area (Å²) < 4.78 is 0. The fourth-order valence-electron chi connectivity index (χ4n) is 2.78. The molecule has 0 saturated carbocycles. The molecule has 102 valence electrons. The fraction of sp³-hybridized carbons (Fsp3) is 0.357. The van der Waals surface area contributed by atoms with Crippen LogP contribution in [-0.4, -0.2) is 38.3 Å². The predicted octanol–water partition coefficient (Wildman–Crippen LogP) is 1.28. The summed E-state index contributed by atoms with van der Waals surface area (Å²) in [5, 5.41) is 17.4. The lowest BCUT2D eigenvalue weighted by atomic mass is 10.1. The van der Waals surface area contributed by atoms with E-state index >= 15 is 0 Å². The van der Waals surface area contributed by atoms with Gasteiger partial charge in [-0.25, -0.2) is 0 Å². The van der Waals surface area contributed by atoms with Gasteiger partial charge in [-0.1, -0.05) is 18.2 Å². The van der Waals surface area contributed by atoms with Crippen LogP contribution in [0.5, 0.6) is 0 Å². The van der Waals surface area contributed by atoms with Crippen molar-refractivity contribution in [1.29, 1.82) is 0 Å². The van der Waals surface area contributed by atoms with Crippen LogP contribution in [-0.2, 0) is 6.54 Å². The van der Waals surface area contributed by atoms with Crippen LogP contribution < -0.4 is 5.32 Å². The summed E-state index contributed by atoms with van der Waals surface area (Å²) in [6, 6.07) is 8.26. The van der Waals surface area contributed by atoms with Crippen LogP contribution in [0.2, 0.25) is 0 Å². The highest BCUT2D eigenvalue weighted by Crippen LogP contribution is 2.20. The molecule has 0 radical (unpaired) electrons. The second kappa shape index (κ2) is 4.72. The minimum Gasteiger partial charge on any atom is -0.361 e. The lowest BCUT2D eigenvalue weighted by Gasteiger charge is -2.00. The van der Waals surface area contributed by atoms with E-state index in [0.29, 0.717) is 12.5 Å². The van der Waals surface area contributed by atoms with E-state index in [9.17, 15) is 0 Å². The Morgan fingerprint density at radius 2 is 2.25 bits per heavy atom. The number of nitrogens with zero attached hydrogens (tertiary/aromatic N) is 4. The third kappa shape index (κ3) is 1.98. The number of fused-ring (bicyclic) bond motifs is 1. The molecular formula is C14H16N6. The van der Waals surface area contributed by atoms with E-state index in [1.807, 2.05) is 18.3 Å². The first kappa shape index (κ1) is 11.6. The predicted molar refractivity (Wildman–Crippen MR) is 75.4 cm³/mol. The zero-order chi connectivity index (χ0) is 13.4. The first-order chi connectivity index (χ1) is 9.90. The maximum atomic E-state index is 4.51. The maximum Gasteiger partial charge on any atom is 0.179 e. The van der Waals surface area contributed by atoms with Crippen molar-refractivity contribution in [2.45, 2.75) is 18.9 Å². The highest BCUT2D eigenvalue weighted by atomic mass is 15.6. The molecule has 3 heterocycles. The van der Waals surface area contributed by atoms with Gasteiger partial charge in [0.05, 0.1) is 6.54 Å². The van der Waals surface area contributed by atoms with Crippen molar-refractivity contribution in [2.75, 3.05) is 13.1 Å². The number of nitrogens with one attached hydrogen (secondary N) is 2. The maximum absolute atomic E-state index is 4.51. The smallest absolute Gasteiger partial charge is 0.179 e. The van der Waals surface area contributed by atoms with E-state index in [1.165, 1.54) is 10.9 Å². The van der Waals surface area contributed by atoms with Gasteiger partial charge in [-0.3, -0.25) is 0 Å². The van der Waals surface area contributed by atoms with Crippen LogP contribution in [0, 0.1) is 0 Å². The molecule has 1 atom stereocenters. The minimum absolute atomic E-state index is 0.409. The first-order valence-corrected chi connectivity index (χ1v) is 6.93. The minimum atomic E-state index is 0.409. The van der Waals surface area contributed by atoms with E-state index in [4.69, 9.17) is 0 Å². The average Bonchev–Trinajstić information content (AvgIpc) is 3.19. The van der Waals surface area contributed by atoms with Crippen molar-refractivity contribution in [3.63, 3.8) is 0 Å². The molecule has 0 bridgehead atoms. The number of tetrazole rings is 1. The zero-order valence-electron chi connectivity index (χ0n) is 11.1. The van der Waals surface area contributed by atoms with E-state index in [1.54, 1.807) is 4.80 Å². The Bertz CT molecular complexity index is 722. The van der Waals surface area contributed by atoms with Crippen molar-refractivity contribution in [2.24, 2.45) is 0 Å². The zero-order valence-corrected chi connectivity index (χ0v) is 11.1. The van der Waals surface area contributed by atoms with Gasteiger partial charge in [-0.2, -0.15) is 4.80 Å². The molecular weight excluding hydrogens is 252 g/mol. The molecule has 6 nitrogen and oxygen atoms in total. The SMILES string of the molecule is c1ccc2c(Cn3nnc(C4CCNC4)n3)c[nH]c2c1. The lowest BCUT2D eigenvalue weighted by molar-refractivity contribution is 0.569. The molecule has 0 aliphatic carbocycles. The molecule has 2 aromatic heterocycles. The highest BCUT2D eigenvalue weighted by Gasteiger charge is 2.21. The highest BCUT2D eigenvalue weighted by molar-refractivity contribution is 5.82. The molecule has 1 aliphatic rings. The number of para-hydroxylation sites is 1. The number of hydrogen-bond acceptors (Lipinski definition) is 4. The van der Waals surface area contributed by atoms with Gasteiger partial charge in [0.2, 0.25) is 0 Å². The monoisotopic (exact) mass is 268 g/mol. The van der Waals surface area contributed by atoms with Crippen molar-refractivity contribution < 1.29 is 0 Å². The summed E-state index contributed by atoms with van der Waals surface area (Å²) >= 11 is 0.